The van der Waals surface area contributed by atoms with Crippen LogP contribution in [0.2, 0.25) is 0 Å². The molecular formula is C8H16ClN. The van der Waals surface area contributed by atoms with Gasteiger partial charge in [-0.1, -0.05) is 12.8 Å². The molecule has 60 valence electrons. The Balaban J connectivity index is 0.000000500. The van der Waals surface area contributed by atoms with E-state index in [-0.39, 0.29) is 12.4 Å². The Morgan fingerprint density at radius 3 is 2.50 bits per heavy atom. The molecule has 0 aromatic heterocycles. The summed E-state index contributed by atoms with van der Waals surface area (Å²) in [5, 5.41) is 0. The number of fused-ring (bicyclic) bond motifs is 1. The maximum absolute atomic E-state index is 5.92. The van der Waals surface area contributed by atoms with Crippen LogP contribution < -0.4 is 5.73 Å². The number of hydrogen-bond acceptors (Lipinski definition) is 1. The van der Waals surface area contributed by atoms with E-state index in [4.69, 9.17) is 5.73 Å². The Morgan fingerprint density at radius 1 is 1.00 bits per heavy atom. The minimum absolute atomic E-state index is 0. The van der Waals surface area contributed by atoms with Gasteiger partial charge in [-0.05, 0) is 31.1 Å². The summed E-state index contributed by atoms with van der Waals surface area (Å²) < 4.78 is 0. The van der Waals surface area contributed by atoms with E-state index in [1.165, 1.54) is 32.1 Å². The molecular weight excluding hydrogens is 146 g/mol. The van der Waals surface area contributed by atoms with Gasteiger partial charge >= 0.3 is 0 Å². The Bertz CT molecular complexity index is 116. The Morgan fingerprint density at radius 2 is 1.80 bits per heavy atom. The molecule has 0 amide bonds. The summed E-state index contributed by atoms with van der Waals surface area (Å²) in [5.74, 6) is 1.95. The highest BCUT2D eigenvalue weighted by atomic mass is 35.5. The van der Waals surface area contributed by atoms with Crippen molar-refractivity contribution in [3.63, 3.8) is 0 Å². The molecule has 0 aromatic rings. The first-order valence-corrected chi connectivity index (χ1v) is 4.13. The highest BCUT2D eigenvalue weighted by molar-refractivity contribution is 5.85. The third-order valence-electron chi connectivity index (χ3n) is 3.14. The van der Waals surface area contributed by atoms with Gasteiger partial charge in [0.2, 0.25) is 0 Å². The standard InChI is InChI=1S/C8H15N.ClH/c9-8-5-4-6-2-1-3-7(6)8;/h6-8H,1-5,9H2;1H/t6-,7-,8+;/m1./s1. The molecule has 1 nitrogen and oxygen atoms in total. The van der Waals surface area contributed by atoms with Crippen molar-refractivity contribution in [3.8, 4) is 0 Å². The molecule has 0 aliphatic heterocycles. The van der Waals surface area contributed by atoms with Crippen LogP contribution in [-0.4, -0.2) is 6.04 Å². The van der Waals surface area contributed by atoms with Gasteiger partial charge in [-0.3, -0.25) is 0 Å². The molecule has 10 heavy (non-hydrogen) atoms. The molecule has 2 rings (SSSR count). The minimum atomic E-state index is 0. The third-order valence-corrected chi connectivity index (χ3v) is 3.14. The monoisotopic (exact) mass is 161 g/mol. The van der Waals surface area contributed by atoms with Crippen molar-refractivity contribution in [2.45, 2.75) is 38.1 Å². The van der Waals surface area contributed by atoms with Crippen LogP contribution >= 0.6 is 12.4 Å². The van der Waals surface area contributed by atoms with E-state index < -0.39 is 0 Å². The van der Waals surface area contributed by atoms with Crippen molar-refractivity contribution in [1.29, 1.82) is 0 Å². The zero-order valence-corrected chi connectivity index (χ0v) is 7.07. The van der Waals surface area contributed by atoms with Crippen molar-refractivity contribution in [3.05, 3.63) is 0 Å². The minimum Gasteiger partial charge on any atom is -0.327 e. The third kappa shape index (κ3) is 1.17. The number of halogens is 1. The molecule has 0 radical (unpaired) electrons. The highest BCUT2D eigenvalue weighted by Gasteiger charge is 2.36. The summed E-state index contributed by atoms with van der Waals surface area (Å²) in [6.07, 6.45) is 7.06. The van der Waals surface area contributed by atoms with Gasteiger partial charge in [-0.2, -0.15) is 0 Å². The summed E-state index contributed by atoms with van der Waals surface area (Å²) >= 11 is 0. The number of hydrogen-bond donors (Lipinski definition) is 1. The van der Waals surface area contributed by atoms with Gasteiger partial charge in [0.05, 0.1) is 0 Å². The van der Waals surface area contributed by atoms with Crippen LogP contribution in [0.15, 0.2) is 0 Å². The van der Waals surface area contributed by atoms with Crippen LogP contribution in [0.3, 0.4) is 0 Å². The molecule has 2 N–H and O–H groups in total. The van der Waals surface area contributed by atoms with E-state index in [1.807, 2.05) is 0 Å². The van der Waals surface area contributed by atoms with Crippen LogP contribution in [-0.2, 0) is 0 Å². The summed E-state index contributed by atoms with van der Waals surface area (Å²) in [6, 6.07) is 0.567. The zero-order chi connectivity index (χ0) is 6.27. The fourth-order valence-electron chi connectivity index (χ4n) is 2.61. The van der Waals surface area contributed by atoms with Crippen molar-refractivity contribution in [1.82, 2.24) is 0 Å². The molecule has 2 fully saturated rings. The molecule has 0 aromatic carbocycles. The van der Waals surface area contributed by atoms with Crippen LogP contribution in [0.5, 0.6) is 0 Å². The van der Waals surface area contributed by atoms with Crippen molar-refractivity contribution < 1.29 is 0 Å². The van der Waals surface area contributed by atoms with Crippen molar-refractivity contribution in [2.24, 2.45) is 17.6 Å². The van der Waals surface area contributed by atoms with Crippen LogP contribution in [0.1, 0.15) is 32.1 Å². The van der Waals surface area contributed by atoms with Gasteiger partial charge in [0.15, 0.2) is 0 Å². The second-order valence-electron chi connectivity index (χ2n) is 3.60. The number of nitrogens with two attached hydrogens (primary N) is 1. The molecule has 0 saturated heterocycles. The summed E-state index contributed by atoms with van der Waals surface area (Å²) in [7, 11) is 0. The van der Waals surface area contributed by atoms with Gasteiger partial charge in [0, 0.05) is 6.04 Å². The molecule has 2 aliphatic carbocycles. The Kier molecular flexibility index (Phi) is 2.59. The highest BCUT2D eigenvalue weighted by Crippen LogP contribution is 2.42. The topological polar surface area (TPSA) is 26.0 Å². The smallest absolute Gasteiger partial charge is 0.00699 e. The normalized spacial score (nSPS) is 44.7. The predicted octanol–water partition coefficient (Wildman–Crippen LogP) is 1.95. The van der Waals surface area contributed by atoms with Crippen molar-refractivity contribution >= 4 is 12.4 Å². The predicted molar refractivity (Wildman–Crippen MR) is 45.3 cm³/mol. The van der Waals surface area contributed by atoms with Gasteiger partial charge in [-0.25, -0.2) is 0 Å². The van der Waals surface area contributed by atoms with Gasteiger partial charge in [0.1, 0.15) is 0 Å². The van der Waals surface area contributed by atoms with Gasteiger partial charge in [0.25, 0.3) is 0 Å². The van der Waals surface area contributed by atoms with Gasteiger partial charge < -0.3 is 5.73 Å². The average Bonchev–Trinajstić information content (AvgIpc) is 2.35. The van der Waals surface area contributed by atoms with Gasteiger partial charge in [-0.15, -0.1) is 12.4 Å². The maximum Gasteiger partial charge on any atom is 0.00699 e. The lowest BCUT2D eigenvalue weighted by atomic mass is 9.98. The lowest BCUT2D eigenvalue weighted by Crippen LogP contribution is -2.24. The molecule has 2 saturated carbocycles. The first-order chi connectivity index (χ1) is 4.38. The SMILES string of the molecule is Cl.N[C@H]1CC[C@H]2CCC[C@H]21. The van der Waals surface area contributed by atoms with E-state index in [0.717, 1.165) is 11.8 Å². The zero-order valence-electron chi connectivity index (χ0n) is 6.25. The average molecular weight is 162 g/mol. The molecule has 0 unspecified atom stereocenters. The van der Waals surface area contributed by atoms with Crippen LogP contribution in [0.25, 0.3) is 0 Å². The summed E-state index contributed by atoms with van der Waals surface area (Å²) in [4.78, 5) is 0. The lowest BCUT2D eigenvalue weighted by molar-refractivity contribution is 0.421. The van der Waals surface area contributed by atoms with Crippen molar-refractivity contribution in [2.75, 3.05) is 0 Å². The first-order valence-electron chi connectivity index (χ1n) is 4.13. The van der Waals surface area contributed by atoms with Crippen LogP contribution in [0, 0.1) is 11.8 Å². The largest absolute Gasteiger partial charge is 0.327 e. The maximum atomic E-state index is 5.92. The van der Waals surface area contributed by atoms with Crippen LogP contribution in [0.4, 0.5) is 0 Å². The second kappa shape index (κ2) is 3.10. The summed E-state index contributed by atoms with van der Waals surface area (Å²) in [6.45, 7) is 0. The molecule has 2 heteroatoms. The second-order valence-corrected chi connectivity index (χ2v) is 3.60. The Labute approximate surface area is 68.8 Å². The fraction of sp³-hybridized carbons (Fsp3) is 1.00. The molecule has 0 bridgehead atoms. The molecule has 2 aliphatic rings. The summed E-state index contributed by atoms with van der Waals surface area (Å²) in [5.41, 5.74) is 5.92. The molecule has 0 spiro atoms. The van der Waals surface area contributed by atoms with E-state index in [1.54, 1.807) is 0 Å². The first kappa shape index (κ1) is 8.35. The van der Waals surface area contributed by atoms with E-state index in [0.29, 0.717) is 6.04 Å². The van der Waals surface area contributed by atoms with E-state index in [2.05, 4.69) is 0 Å². The molecule has 3 atom stereocenters. The quantitative estimate of drug-likeness (QED) is 0.578. The fourth-order valence-corrected chi connectivity index (χ4v) is 2.61. The number of rotatable bonds is 0. The molecule has 0 heterocycles. The Hall–Kier alpha value is 0.250. The van der Waals surface area contributed by atoms with E-state index >= 15 is 0 Å². The van der Waals surface area contributed by atoms with E-state index in [9.17, 15) is 0 Å². The lowest BCUT2D eigenvalue weighted by Gasteiger charge is -2.11.